The lowest BCUT2D eigenvalue weighted by molar-refractivity contribution is 0.0951. The van der Waals surface area contributed by atoms with Gasteiger partial charge in [-0.05, 0) is 38.2 Å². The summed E-state index contributed by atoms with van der Waals surface area (Å²) < 4.78 is 5.85. The molecule has 0 saturated heterocycles. The molecule has 0 unspecified atom stereocenters. The summed E-state index contributed by atoms with van der Waals surface area (Å²) in [4.78, 5) is 14.2. The van der Waals surface area contributed by atoms with E-state index in [4.69, 9.17) is 16.3 Å². The van der Waals surface area contributed by atoms with Crippen molar-refractivity contribution in [3.63, 3.8) is 0 Å². The molecule has 4 nitrogen and oxygen atoms in total. The molecular formula is C14H20BrClN2O2. The molecule has 0 aliphatic carbocycles. The van der Waals surface area contributed by atoms with E-state index in [0.717, 1.165) is 30.6 Å². The van der Waals surface area contributed by atoms with Crippen molar-refractivity contribution in [1.82, 2.24) is 10.2 Å². The molecular weight excluding hydrogens is 344 g/mol. The third-order valence-corrected chi connectivity index (χ3v) is 3.68. The molecule has 0 spiro atoms. The molecule has 0 aliphatic rings. The second kappa shape index (κ2) is 9.34. The third-order valence-electron chi connectivity index (χ3n) is 2.85. The SMILES string of the molecule is COCCN(C)CCCNC(=O)c1cc(Br)ccc1Cl. The lowest BCUT2D eigenvalue weighted by atomic mass is 10.2. The minimum absolute atomic E-state index is 0.143. The van der Waals surface area contributed by atoms with Gasteiger partial charge in [0, 0.05) is 24.7 Å². The molecule has 0 aliphatic heterocycles. The van der Waals surface area contributed by atoms with Gasteiger partial charge in [0.2, 0.25) is 0 Å². The molecule has 0 saturated carbocycles. The van der Waals surface area contributed by atoms with E-state index in [1.165, 1.54) is 0 Å². The molecule has 1 N–H and O–H groups in total. The van der Waals surface area contributed by atoms with E-state index < -0.39 is 0 Å². The molecule has 0 radical (unpaired) electrons. The lowest BCUT2D eigenvalue weighted by Gasteiger charge is -2.16. The summed E-state index contributed by atoms with van der Waals surface area (Å²) >= 11 is 9.34. The van der Waals surface area contributed by atoms with Crippen LogP contribution in [0.4, 0.5) is 0 Å². The topological polar surface area (TPSA) is 41.6 Å². The number of amides is 1. The van der Waals surface area contributed by atoms with Crippen LogP contribution in [0, 0.1) is 0 Å². The summed E-state index contributed by atoms with van der Waals surface area (Å²) in [5, 5.41) is 3.34. The molecule has 1 amide bonds. The Bertz CT molecular complexity index is 443. The predicted octanol–water partition coefficient (Wildman–Crippen LogP) is 2.80. The van der Waals surface area contributed by atoms with Crippen LogP contribution in [0.1, 0.15) is 16.8 Å². The van der Waals surface area contributed by atoms with Gasteiger partial charge in [-0.2, -0.15) is 0 Å². The number of carbonyl (C=O) groups is 1. The average Bonchev–Trinajstić information content (AvgIpc) is 2.43. The summed E-state index contributed by atoms with van der Waals surface area (Å²) in [5.74, 6) is -0.143. The van der Waals surface area contributed by atoms with Crippen molar-refractivity contribution < 1.29 is 9.53 Å². The van der Waals surface area contributed by atoms with Gasteiger partial charge in [-0.15, -0.1) is 0 Å². The molecule has 0 bridgehead atoms. The average molecular weight is 364 g/mol. The largest absolute Gasteiger partial charge is 0.383 e. The highest BCUT2D eigenvalue weighted by Crippen LogP contribution is 2.20. The van der Waals surface area contributed by atoms with E-state index in [-0.39, 0.29) is 5.91 Å². The number of carbonyl (C=O) groups excluding carboxylic acids is 1. The summed E-state index contributed by atoms with van der Waals surface area (Å²) in [7, 11) is 3.72. The zero-order valence-corrected chi connectivity index (χ0v) is 14.1. The minimum atomic E-state index is -0.143. The number of halogens is 2. The van der Waals surface area contributed by atoms with Gasteiger partial charge in [0.1, 0.15) is 0 Å². The molecule has 0 fully saturated rings. The van der Waals surface area contributed by atoms with Crippen LogP contribution >= 0.6 is 27.5 Å². The maximum Gasteiger partial charge on any atom is 0.252 e. The van der Waals surface area contributed by atoms with Crippen LogP contribution in [-0.2, 0) is 4.74 Å². The van der Waals surface area contributed by atoms with Gasteiger partial charge in [-0.25, -0.2) is 0 Å². The predicted molar refractivity (Wildman–Crippen MR) is 85.5 cm³/mol. The van der Waals surface area contributed by atoms with Crippen molar-refractivity contribution in [1.29, 1.82) is 0 Å². The first-order chi connectivity index (χ1) is 9.54. The van der Waals surface area contributed by atoms with Crippen LogP contribution in [0.5, 0.6) is 0 Å². The number of nitrogens with zero attached hydrogens (tertiary/aromatic N) is 1. The van der Waals surface area contributed by atoms with Crippen molar-refractivity contribution in [2.45, 2.75) is 6.42 Å². The maximum absolute atomic E-state index is 12.0. The molecule has 0 aromatic heterocycles. The molecule has 1 aromatic rings. The Morgan fingerprint density at radius 3 is 2.90 bits per heavy atom. The van der Waals surface area contributed by atoms with Crippen LogP contribution in [0.2, 0.25) is 5.02 Å². The Morgan fingerprint density at radius 2 is 2.20 bits per heavy atom. The van der Waals surface area contributed by atoms with Gasteiger partial charge < -0.3 is 15.0 Å². The van der Waals surface area contributed by atoms with E-state index in [9.17, 15) is 4.79 Å². The van der Waals surface area contributed by atoms with Crippen LogP contribution in [0.15, 0.2) is 22.7 Å². The number of hydrogen-bond donors (Lipinski definition) is 1. The van der Waals surface area contributed by atoms with Gasteiger partial charge >= 0.3 is 0 Å². The van der Waals surface area contributed by atoms with Gasteiger partial charge in [-0.3, -0.25) is 4.79 Å². The van der Waals surface area contributed by atoms with E-state index in [2.05, 4.69) is 26.1 Å². The normalized spacial score (nSPS) is 10.8. The second-order valence-electron chi connectivity index (χ2n) is 4.53. The fourth-order valence-electron chi connectivity index (χ4n) is 1.68. The number of hydrogen-bond acceptors (Lipinski definition) is 3. The quantitative estimate of drug-likeness (QED) is 0.722. The molecule has 112 valence electrons. The second-order valence-corrected chi connectivity index (χ2v) is 5.85. The fraction of sp³-hybridized carbons (Fsp3) is 0.500. The standard InChI is InChI=1S/C14H20BrClN2O2/c1-18(8-9-20-2)7-3-6-17-14(19)12-10-11(15)4-5-13(12)16/h4-5,10H,3,6-9H2,1-2H3,(H,17,19). The smallest absolute Gasteiger partial charge is 0.252 e. The first kappa shape index (κ1) is 17.4. The summed E-state index contributed by atoms with van der Waals surface area (Å²) in [5.41, 5.74) is 0.494. The van der Waals surface area contributed by atoms with Crippen molar-refractivity contribution in [2.24, 2.45) is 0 Å². The van der Waals surface area contributed by atoms with Crippen molar-refractivity contribution in [3.05, 3.63) is 33.3 Å². The molecule has 0 atom stereocenters. The Kier molecular flexibility index (Phi) is 8.14. The van der Waals surface area contributed by atoms with Crippen LogP contribution < -0.4 is 5.32 Å². The Hall–Kier alpha value is -0.620. The number of methoxy groups -OCH3 is 1. The van der Waals surface area contributed by atoms with E-state index in [1.54, 1.807) is 19.2 Å². The monoisotopic (exact) mass is 362 g/mol. The third kappa shape index (κ3) is 6.22. The van der Waals surface area contributed by atoms with Crippen molar-refractivity contribution >= 4 is 33.4 Å². The molecule has 1 aromatic carbocycles. The summed E-state index contributed by atoms with van der Waals surface area (Å²) in [6, 6.07) is 5.24. The number of rotatable bonds is 8. The summed E-state index contributed by atoms with van der Waals surface area (Å²) in [6.07, 6.45) is 0.886. The highest BCUT2D eigenvalue weighted by Gasteiger charge is 2.10. The highest BCUT2D eigenvalue weighted by molar-refractivity contribution is 9.10. The highest BCUT2D eigenvalue weighted by atomic mass is 79.9. The van der Waals surface area contributed by atoms with Crippen molar-refractivity contribution in [2.75, 3.05) is 40.4 Å². The molecule has 1 rings (SSSR count). The van der Waals surface area contributed by atoms with Gasteiger partial charge in [-0.1, -0.05) is 27.5 Å². The first-order valence-corrected chi connectivity index (χ1v) is 7.62. The Labute approximate surface area is 133 Å². The molecule has 6 heteroatoms. The number of ether oxygens (including phenoxy) is 1. The van der Waals surface area contributed by atoms with E-state index in [1.807, 2.05) is 13.1 Å². The first-order valence-electron chi connectivity index (χ1n) is 6.45. The van der Waals surface area contributed by atoms with Crippen LogP contribution in [-0.4, -0.2) is 51.2 Å². The Balaban J connectivity index is 2.31. The van der Waals surface area contributed by atoms with Crippen LogP contribution in [0.3, 0.4) is 0 Å². The minimum Gasteiger partial charge on any atom is -0.383 e. The van der Waals surface area contributed by atoms with Gasteiger partial charge in [0.15, 0.2) is 0 Å². The zero-order chi connectivity index (χ0) is 15.0. The lowest BCUT2D eigenvalue weighted by Crippen LogP contribution is -2.29. The number of nitrogens with one attached hydrogen (secondary N) is 1. The molecule has 0 heterocycles. The molecule has 20 heavy (non-hydrogen) atoms. The Morgan fingerprint density at radius 1 is 1.45 bits per heavy atom. The van der Waals surface area contributed by atoms with E-state index >= 15 is 0 Å². The van der Waals surface area contributed by atoms with E-state index in [0.29, 0.717) is 17.1 Å². The van der Waals surface area contributed by atoms with Crippen molar-refractivity contribution in [3.8, 4) is 0 Å². The zero-order valence-electron chi connectivity index (χ0n) is 11.8. The number of likely N-dealkylation sites (N-methyl/N-ethyl adjacent to an activating group) is 1. The number of benzene rings is 1. The maximum atomic E-state index is 12.0. The fourth-order valence-corrected chi connectivity index (χ4v) is 2.24. The van der Waals surface area contributed by atoms with Crippen LogP contribution in [0.25, 0.3) is 0 Å². The van der Waals surface area contributed by atoms with Gasteiger partial charge in [0.05, 0.1) is 17.2 Å². The van der Waals surface area contributed by atoms with Gasteiger partial charge in [0.25, 0.3) is 5.91 Å². The summed E-state index contributed by atoms with van der Waals surface area (Å²) in [6.45, 7) is 3.15.